The molecule has 26 heavy (non-hydrogen) atoms. The molecule has 1 heterocycles. The van der Waals surface area contributed by atoms with Crippen molar-refractivity contribution in [1.82, 2.24) is 10.2 Å². The number of rotatable bonds is 6. The lowest BCUT2D eigenvalue weighted by Crippen LogP contribution is -2.37. The number of methoxy groups -OCH3 is 1. The van der Waals surface area contributed by atoms with Crippen LogP contribution in [0.2, 0.25) is 0 Å². The van der Waals surface area contributed by atoms with Gasteiger partial charge in [-0.25, -0.2) is 0 Å². The fourth-order valence-electron chi connectivity index (χ4n) is 3.19. The second-order valence-corrected chi connectivity index (χ2v) is 6.32. The molecule has 7 nitrogen and oxygen atoms in total. The fourth-order valence-corrected chi connectivity index (χ4v) is 3.19. The average Bonchev–Trinajstić information content (AvgIpc) is 3.08. The summed E-state index contributed by atoms with van der Waals surface area (Å²) >= 11 is 0. The molecule has 1 aliphatic rings. The highest BCUT2D eigenvalue weighted by Crippen LogP contribution is 2.24. The Morgan fingerprint density at radius 3 is 2.77 bits per heavy atom. The van der Waals surface area contributed by atoms with Gasteiger partial charge in [-0.15, -0.1) is 0 Å². The van der Waals surface area contributed by atoms with E-state index in [0.717, 1.165) is 26.1 Å². The van der Waals surface area contributed by atoms with E-state index < -0.39 is 4.92 Å². The molecule has 0 saturated carbocycles. The van der Waals surface area contributed by atoms with Crippen LogP contribution in [0.3, 0.4) is 0 Å². The average molecular weight is 355 g/mol. The summed E-state index contributed by atoms with van der Waals surface area (Å²) < 4.78 is 5.17. The van der Waals surface area contributed by atoms with Crippen LogP contribution in [-0.4, -0.2) is 42.0 Å². The molecule has 1 atom stereocenters. The van der Waals surface area contributed by atoms with Crippen LogP contribution in [0.5, 0.6) is 5.75 Å². The third-order valence-electron chi connectivity index (χ3n) is 4.50. The number of likely N-dealkylation sites (tertiary alicyclic amines) is 1. The summed E-state index contributed by atoms with van der Waals surface area (Å²) in [6.07, 6.45) is 0.843. The summed E-state index contributed by atoms with van der Waals surface area (Å²) in [6, 6.07) is 14.2. The third kappa shape index (κ3) is 4.18. The van der Waals surface area contributed by atoms with Crippen LogP contribution in [0, 0.1) is 10.1 Å². The number of ether oxygens (including phenoxy) is 1. The first-order valence-corrected chi connectivity index (χ1v) is 8.46. The van der Waals surface area contributed by atoms with E-state index in [1.165, 1.54) is 30.9 Å². The number of amides is 1. The molecule has 2 aromatic rings. The Bertz CT molecular complexity index is 795. The van der Waals surface area contributed by atoms with E-state index in [-0.39, 0.29) is 23.2 Å². The minimum absolute atomic E-state index is 0.00943. The molecule has 1 N–H and O–H groups in total. The van der Waals surface area contributed by atoms with Crippen LogP contribution in [0.25, 0.3) is 0 Å². The van der Waals surface area contributed by atoms with Gasteiger partial charge in [0.15, 0.2) is 0 Å². The van der Waals surface area contributed by atoms with Gasteiger partial charge in [0.1, 0.15) is 5.75 Å². The van der Waals surface area contributed by atoms with E-state index in [1.807, 2.05) is 18.2 Å². The number of nitro benzene ring substituents is 1. The standard InChI is InChI=1S/C19H21N3O4/c1-26-18-8-7-16(22(24)25)11-17(18)19(23)20-15-9-10-21(13-15)12-14-5-3-2-4-6-14/h2-8,11,15H,9-10,12-13H2,1H3,(H,20,23). The number of nitrogens with one attached hydrogen (secondary N) is 1. The molecule has 1 amide bonds. The Morgan fingerprint density at radius 2 is 2.08 bits per heavy atom. The van der Waals surface area contributed by atoms with Gasteiger partial charge in [0, 0.05) is 37.8 Å². The zero-order valence-corrected chi connectivity index (χ0v) is 14.6. The van der Waals surface area contributed by atoms with Gasteiger partial charge >= 0.3 is 0 Å². The Hall–Kier alpha value is -2.93. The molecule has 136 valence electrons. The molecule has 2 aromatic carbocycles. The topological polar surface area (TPSA) is 84.7 Å². The van der Waals surface area contributed by atoms with Crippen molar-refractivity contribution >= 4 is 11.6 Å². The Morgan fingerprint density at radius 1 is 1.31 bits per heavy atom. The quantitative estimate of drug-likeness (QED) is 0.636. The second-order valence-electron chi connectivity index (χ2n) is 6.32. The molecular formula is C19H21N3O4. The lowest BCUT2D eigenvalue weighted by Gasteiger charge is -2.17. The number of benzene rings is 2. The van der Waals surface area contributed by atoms with Crippen LogP contribution >= 0.6 is 0 Å². The first-order valence-electron chi connectivity index (χ1n) is 8.46. The maximum atomic E-state index is 12.6. The minimum atomic E-state index is -0.520. The number of carbonyl (C=O) groups excluding carboxylic acids is 1. The van der Waals surface area contributed by atoms with Gasteiger partial charge in [-0.3, -0.25) is 19.8 Å². The maximum Gasteiger partial charge on any atom is 0.270 e. The monoisotopic (exact) mass is 355 g/mol. The number of nitro groups is 1. The molecule has 1 fully saturated rings. The number of nitrogens with zero attached hydrogens (tertiary/aromatic N) is 2. The Kier molecular flexibility index (Phi) is 5.48. The first-order chi connectivity index (χ1) is 12.6. The predicted molar refractivity (Wildman–Crippen MR) is 97.2 cm³/mol. The van der Waals surface area contributed by atoms with Crippen LogP contribution < -0.4 is 10.1 Å². The van der Waals surface area contributed by atoms with Crippen molar-refractivity contribution in [3.63, 3.8) is 0 Å². The fraction of sp³-hybridized carbons (Fsp3) is 0.316. The summed E-state index contributed by atoms with van der Waals surface area (Å²) in [4.78, 5) is 25.3. The highest BCUT2D eigenvalue weighted by Gasteiger charge is 2.26. The summed E-state index contributed by atoms with van der Waals surface area (Å²) in [5, 5.41) is 13.9. The third-order valence-corrected chi connectivity index (χ3v) is 4.50. The predicted octanol–water partition coefficient (Wildman–Crippen LogP) is 2.61. The molecule has 0 radical (unpaired) electrons. The lowest BCUT2D eigenvalue weighted by atomic mass is 10.1. The minimum Gasteiger partial charge on any atom is -0.496 e. The van der Waals surface area contributed by atoms with E-state index in [1.54, 1.807) is 0 Å². The van der Waals surface area contributed by atoms with Crippen molar-refractivity contribution in [3.8, 4) is 5.75 Å². The Labute approximate surface area is 151 Å². The van der Waals surface area contributed by atoms with E-state index >= 15 is 0 Å². The van der Waals surface area contributed by atoms with Crippen molar-refractivity contribution < 1.29 is 14.5 Å². The zero-order chi connectivity index (χ0) is 18.5. The van der Waals surface area contributed by atoms with E-state index in [9.17, 15) is 14.9 Å². The van der Waals surface area contributed by atoms with Gasteiger partial charge < -0.3 is 10.1 Å². The molecule has 1 saturated heterocycles. The Balaban J connectivity index is 1.63. The van der Waals surface area contributed by atoms with Gasteiger partial charge in [-0.1, -0.05) is 30.3 Å². The highest BCUT2D eigenvalue weighted by molar-refractivity contribution is 5.97. The molecule has 1 aliphatic heterocycles. The number of hydrogen-bond acceptors (Lipinski definition) is 5. The smallest absolute Gasteiger partial charge is 0.270 e. The number of carbonyl (C=O) groups is 1. The van der Waals surface area contributed by atoms with Crippen molar-refractivity contribution in [2.45, 2.75) is 19.0 Å². The van der Waals surface area contributed by atoms with Crippen LogP contribution in [0.4, 0.5) is 5.69 Å². The van der Waals surface area contributed by atoms with Gasteiger partial charge in [0.25, 0.3) is 11.6 Å². The summed E-state index contributed by atoms with van der Waals surface area (Å²) in [6.45, 7) is 2.48. The largest absolute Gasteiger partial charge is 0.496 e. The van der Waals surface area contributed by atoms with Crippen LogP contribution in [0.1, 0.15) is 22.3 Å². The lowest BCUT2D eigenvalue weighted by molar-refractivity contribution is -0.384. The number of non-ortho nitro benzene ring substituents is 1. The SMILES string of the molecule is COc1ccc([N+](=O)[O-])cc1C(=O)NC1CCN(Cc2ccccc2)C1. The normalized spacial score (nSPS) is 17.0. The molecule has 0 spiro atoms. The van der Waals surface area contributed by atoms with Crippen LogP contribution in [0.15, 0.2) is 48.5 Å². The molecule has 7 heteroatoms. The van der Waals surface area contributed by atoms with Gasteiger partial charge in [-0.2, -0.15) is 0 Å². The molecule has 3 rings (SSSR count). The molecule has 1 unspecified atom stereocenters. The molecule has 0 aromatic heterocycles. The van der Waals surface area contributed by atoms with Crippen molar-refractivity contribution in [2.24, 2.45) is 0 Å². The van der Waals surface area contributed by atoms with Crippen LogP contribution in [-0.2, 0) is 6.54 Å². The molecule has 0 aliphatic carbocycles. The van der Waals surface area contributed by atoms with Crippen molar-refractivity contribution in [2.75, 3.05) is 20.2 Å². The van der Waals surface area contributed by atoms with Gasteiger partial charge in [-0.05, 0) is 18.1 Å². The number of hydrogen-bond donors (Lipinski definition) is 1. The summed E-state index contributed by atoms with van der Waals surface area (Å²) in [7, 11) is 1.44. The highest BCUT2D eigenvalue weighted by atomic mass is 16.6. The maximum absolute atomic E-state index is 12.6. The van der Waals surface area contributed by atoms with Crippen molar-refractivity contribution in [1.29, 1.82) is 0 Å². The summed E-state index contributed by atoms with van der Waals surface area (Å²) in [5.41, 5.74) is 1.29. The second kappa shape index (κ2) is 7.97. The molecule has 0 bridgehead atoms. The zero-order valence-electron chi connectivity index (χ0n) is 14.6. The van der Waals surface area contributed by atoms with E-state index in [4.69, 9.17) is 4.74 Å². The van der Waals surface area contributed by atoms with Gasteiger partial charge in [0.2, 0.25) is 0 Å². The van der Waals surface area contributed by atoms with Gasteiger partial charge in [0.05, 0.1) is 17.6 Å². The van der Waals surface area contributed by atoms with E-state index in [2.05, 4.69) is 22.3 Å². The summed E-state index contributed by atoms with van der Waals surface area (Å²) in [5.74, 6) is -0.0238. The van der Waals surface area contributed by atoms with Crippen molar-refractivity contribution in [3.05, 3.63) is 69.8 Å². The van der Waals surface area contributed by atoms with E-state index in [0.29, 0.717) is 5.75 Å². The first kappa shape index (κ1) is 17.9. The molecular weight excluding hydrogens is 334 g/mol.